The normalized spacial score (nSPS) is 11.6. The fourth-order valence-corrected chi connectivity index (χ4v) is 2.92. The summed E-state index contributed by atoms with van der Waals surface area (Å²) in [4.78, 5) is 10.2. The molecule has 114 valence electrons. The highest BCUT2D eigenvalue weighted by atomic mass is 32.2. The van der Waals surface area contributed by atoms with Crippen molar-refractivity contribution in [3.05, 3.63) is 0 Å². The fourth-order valence-electron chi connectivity index (χ4n) is 1.85. The number of sulfonamides is 1. The van der Waals surface area contributed by atoms with Crippen LogP contribution in [0, 0.1) is 0 Å². The maximum Gasteiger partial charge on any atom is 0.318 e. The van der Waals surface area contributed by atoms with E-state index in [1.165, 1.54) is 32.1 Å². The molecule has 0 aliphatic heterocycles. The maximum atomic E-state index is 11.4. The molecule has 0 rings (SSSR count). The van der Waals surface area contributed by atoms with E-state index >= 15 is 0 Å². The van der Waals surface area contributed by atoms with Gasteiger partial charge >= 0.3 is 5.97 Å². The molecule has 0 amide bonds. The summed E-state index contributed by atoms with van der Waals surface area (Å²) in [5, 5.41) is 8.38. The first-order chi connectivity index (χ1) is 8.98. The highest BCUT2D eigenvalue weighted by molar-refractivity contribution is 7.89. The fraction of sp³-hybridized carbons (Fsp3) is 0.923. The maximum absolute atomic E-state index is 11.4. The summed E-state index contributed by atoms with van der Waals surface area (Å²) in [5.74, 6) is -1.13. The summed E-state index contributed by atoms with van der Waals surface area (Å²) < 4.78 is 24.8. The van der Waals surface area contributed by atoms with Gasteiger partial charge in [0.05, 0.1) is 5.75 Å². The summed E-state index contributed by atoms with van der Waals surface area (Å²) in [6, 6.07) is 0. The third-order valence-corrected chi connectivity index (χ3v) is 4.37. The molecule has 19 heavy (non-hydrogen) atoms. The van der Waals surface area contributed by atoms with E-state index in [0.717, 1.165) is 19.3 Å². The van der Waals surface area contributed by atoms with Gasteiger partial charge in [-0.05, 0) is 6.42 Å². The monoisotopic (exact) mass is 293 g/mol. The van der Waals surface area contributed by atoms with E-state index in [1.54, 1.807) is 0 Å². The van der Waals surface area contributed by atoms with Gasteiger partial charge in [-0.15, -0.1) is 0 Å². The number of carboxylic acid groups (broad SMARTS) is 1. The number of rotatable bonds is 13. The predicted molar refractivity (Wildman–Crippen MR) is 76.7 cm³/mol. The van der Waals surface area contributed by atoms with Crippen LogP contribution in [0.1, 0.15) is 64.7 Å². The summed E-state index contributed by atoms with van der Waals surface area (Å²) in [6.45, 7) is 1.67. The van der Waals surface area contributed by atoms with Gasteiger partial charge in [-0.25, -0.2) is 13.1 Å². The van der Waals surface area contributed by atoms with E-state index in [-0.39, 0.29) is 5.75 Å². The Morgan fingerprint density at radius 1 is 0.947 bits per heavy atom. The van der Waals surface area contributed by atoms with Crippen LogP contribution in [0.3, 0.4) is 0 Å². The van der Waals surface area contributed by atoms with Crippen LogP contribution < -0.4 is 4.72 Å². The van der Waals surface area contributed by atoms with Crippen LogP contribution in [0.4, 0.5) is 0 Å². The zero-order valence-corrected chi connectivity index (χ0v) is 12.7. The van der Waals surface area contributed by atoms with Crippen molar-refractivity contribution in [1.82, 2.24) is 4.72 Å². The SMILES string of the molecule is CCCCCCCCCCCS(=O)(=O)NCC(=O)O. The van der Waals surface area contributed by atoms with E-state index in [1.807, 2.05) is 0 Å². The predicted octanol–water partition coefficient (Wildman–Crippen LogP) is 2.52. The number of hydrogen-bond acceptors (Lipinski definition) is 3. The molecule has 0 heterocycles. The van der Waals surface area contributed by atoms with Crippen molar-refractivity contribution in [1.29, 1.82) is 0 Å². The van der Waals surface area contributed by atoms with Crippen molar-refractivity contribution >= 4 is 16.0 Å². The molecule has 0 spiro atoms. The van der Waals surface area contributed by atoms with Gasteiger partial charge in [0.25, 0.3) is 0 Å². The minimum absolute atomic E-state index is 0.0239. The standard InChI is InChI=1S/C13H27NO4S/c1-2-3-4-5-6-7-8-9-10-11-19(17,18)14-12-13(15)16/h14H,2-12H2,1H3,(H,15,16). The number of carbonyl (C=O) groups is 1. The topological polar surface area (TPSA) is 83.5 Å². The molecule has 0 aliphatic carbocycles. The highest BCUT2D eigenvalue weighted by Crippen LogP contribution is 2.09. The van der Waals surface area contributed by atoms with Crippen LogP contribution in [0.2, 0.25) is 0 Å². The van der Waals surface area contributed by atoms with Crippen LogP contribution >= 0.6 is 0 Å². The molecule has 6 heteroatoms. The lowest BCUT2D eigenvalue weighted by atomic mass is 10.1. The Kier molecular flexibility index (Phi) is 10.9. The van der Waals surface area contributed by atoms with E-state index < -0.39 is 22.5 Å². The largest absolute Gasteiger partial charge is 0.480 e. The Morgan fingerprint density at radius 2 is 1.42 bits per heavy atom. The molecule has 0 atom stereocenters. The summed E-state index contributed by atoms with van der Waals surface area (Å²) in [5.41, 5.74) is 0. The van der Waals surface area contributed by atoms with E-state index in [0.29, 0.717) is 6.42 Å². The Hall–Kier alpha value is -0.620. The summed E-state index contributed by atoms with van der Waals surface area (Å²) in [7, 11) is -3.41. The van der Waals surface area contributed by atoms with Gasteiger partial charge < -0.3 is 5.11 Å². The van der Waals surface area contributed by atoms with Crippen molar-refractivity contribution < 1.29 is 18.3 Å². The third-order valence-electron chi connectivity index (χ3n) is 2.96. The highest BCUT2D eigenvalue weighted by Gasteiger charge is 2.10. The number of hydrogen-bond donors (Lipinski definition) is 2. The smallest absolute Gasteiger partial charge is 0.318 e. The zero-order chi connectivity index (χ0) is 14.6. The molecule has 0 aromatic heterocycles. The lowest BCUT2D eigenvalue weighted by Gasteiger charge is -2.04. The summed E-state index contributed by atoms with van der Waals surface area (Å²) >= 11 is 0. The number of nitrogens with one attached hydrogen (secondary N) is 1. The van der Waals surface area contributed by atoms with Crippen molar-refractivity contribution in [2.75, 3.05) is 12.3 Å². The first kappa shape index (κ1) is 18.4. The molecule has 0 aromatic carbocycles. The van der Waals surface area contributed by atoms with Crippen LogP contribution in [-0.4, -0.2) is 31.8 Å². The summed E-state index contributed by atoms with van der Waals surface area (Å²) in [6.07, 6.45) is 10.0. The second-order valence-corrected chi connectivity index (χ2v) is 6.79. The molecule has 0 aliphatic rings. The minimum atomic E-state index is -3.41. The Balaban J connectivity index is 3.40. The quantitative estimate of drug-likeness (QED) is 0.511. The molecular formula is C13H27NO4S. The van der Waals surface area contributed by atoms with Crippen LogP contribution in [0.25, 0.3) is 0 Å². The molecule has 0 unspecified atom stereocenters. The van der Waals surface area contributed by atoms with Gasteiger partial charge in [0, 0.05) is 0 Å². The van der Waals surface area contributed by atoms with Gasteiger partial charge in [0.1, 0.15) is 6.54 Å². The van der Waals surface area contributed by atoms with Gasteiger partial charge in [-0.3, -0.25) is 4.79 Å². The lowest BCUT2D eigenvalue weighted by molar-refractivity contribution is -0.135. The lowest BCUT2D eigenvalue weighted by Crippen LogP contribution is -2.31. The van der Waals surface area contributed by atoms with Gasteiger partial charge in [0.2, 0.25) is 10.0 Å². The van der Waals surface area contributed by atoms with Gasteiger partial charge in [-0.1, -0.05) is 58.3 Å². The second kappa shape index (κ2) is 11.2. The van der Waals surface area contributed by atoms with E-state index in [4.69, 9.17) is 5.11 Å². The second-order valence-electron chi connectivity index (χ2n) is 4.86. The van der Waals surface area contributed by atoms with Gasteiger partial charge in [0.15, 0.2) is 0 Å². The molecule has 0 saturated heterocycles. The van der Waals surface area contributed by atoms with Gasteiger partial charge in [-0.2, -0.15) is 0 Å². The molecule has 0 fully saturated rings. The Morgan fingerprint density at radius 3 is 1.89 bits per heavy atom. The van der Waals surface area contributed by atoms with E-state index in [2.05, 4.69) is 11.6 Å². The Bertz CT molecular complexity index is 328. The van der Waals surface area contributed by atoms with Crippen LogP contribution in [0.15, 0.2) is 0 Å². The molecule has 0 saturated carbocycles. The van der Waals surface area contributed by atoms with E-state index in [9.17, 15) is 13.2 Å². The average Bonchev–Trinajstić information content (AvgIpc) is 2.34. The van der Waals surface area contributed by atoms with Crippen molar-refractivity contribution in [3.63, 3.8) is 0 Å². The first-order valence-corrected chi connectivity index (χ1v) is 8.82. The molecule has 5 nitrogen and oxygen atoms in total. The molecule has 0 bridgehead atoms. The minimum Gasteiger partial charge on any atom is -0.480 e. The van der Waals surface area contributed by atoms with Crippen molar-refractivity contribution in [2.45, 2.75) is 64.7 Å². The van der Waals surface area contributed by atoms with Crippen molar-refractivity contribution in [3.8, 4) is 0 Å². The van der Waals surface area contributed by atoms with Crippen LogP contribution in [-0.2, 0) is 14.8 Å². The molecule has 0 radical (unpaired) electrons. The average molecular weight is 293 g/mol. The van der Waals surface area contributed by atoms with Crippen molar-refractivity contribution in [2.24, 2.45) is 0 Å². The Labute approximate surface area is 116 Å². The third kappa shape index (κ3) is 13.6. The molecular weight excluding hydrogens is 266 g/mol. The number of unbranched alkanes of at least 4 members (excludes halogenated alkanes) is 8. The number of aliphatic carboxylic acids is 1. The molecule has 2 N–H and O–H groups in total. The first-order valence-electron chi connectivity index (χ1n) is 7.17. The van der Waals surface area contributed by atoms with Crippen LogP contribution in [0.5, 0.6) is 0 Å². The number of carboxylic acids is 1. The molecule has 0 aromatic rings. The zero-order valence-electron chi connectivity index (χ0n) is 11.9.